The number of aromatic nitrogens is 2. The number of nitrogens with zero attached hydrogens (tertiary/aromatic N) is 2. The predicted octanol–water partition coefficient (Wildman–Crippen LogP) is 3.23. The van der Waals surface area contributed by atoms with Gasteiger partial charge in [0, 0.05) is 6.42 Å². The van der Waals surface area contributed by atoms with Crippen LogP contribution in [0.3, 0.4) is 0 Å². The van der Waals surface area contributed by atoms with Gasteiger partial charge in [0.05, 0.1) is 10.4 Å². The number of Topliss-reactive ketones (excluding diaryl/α,β-unsaturated/α-hetero) is 1. The van der Waals surface area contributed by atoms with Gasteiger partial charge in [-0.25, -0.2) is 4.21 Å². The van der Waals surface area contributed by atoms with Gasteiger partial charge in [0.15, 0.2) is 22.7 Å². The molecule has 1 aliphatic carbocycles. The van der Waals surface area contributed by atoms with Crippen molar-refractivity contribution in [2.75, 3.05) is 0 Å². The number of ketones is 1. The molecule has 1 aliphatic rings. The van der Waals surface area contributed by atoms with E-state index in [2.05, 4.69) is 17.1 Å². The molecule has 0 aliphatic heterocycles. The zero-order valence-electron chi connectivity index (χ0n) is 12.3. The van der Waals surface area contributed by atoms with Crippen molar-refractivity contribution >= 4 is 28.2 Å². The lowest BCUT2D eigenvalue weighted by atomic mass is 9.82. The molecular formula is C14H16N2O4S2. The van der Waals surface area contributed by atoms with Crippen molar-refractivity contribution in [2.45, 2.75) is 43.7 Å². The Kier molecular flexibility index (Phi) is 4.24. The number of hydrogen-bond donors (Lipinski definition) is 1. The van der Waals surface area contributed by atoms with Crippen LogP contribution in [0.4, 0.5) is 0 Å². The largest absolute Gasteiger partial charge is 0.333 e. The van der Waals surface area contributed by atoms with Crippen LogP contribution in [-0.2, 0) is 17.5 Å². The lowest BCUT2D eigenvalue weighted by Crippen LogP contribution is -2.20. The van der Waals surface area contributed by atoms with Crippen molar-refractivity contribution in [1.29, 1.82) is 0 Å². The molecule has 0 bridgehead atoms. The van der Waals surface area contributed by atoms with Crippen molar-refractivity contribution in [3.8, 4) is 10.8 Å². The Morgan fingerprint density at radius 3 is 2.82 bits per heavy atom. The quantitative estimate of drug-likeness (QED) is 0.859. The molecule has 0 amide bonds. The lowest BCUT2D eigenvalue weighted by Gasteiger charge is -2.21. The van der Waals surface area contributed by atoms with E-state index in [1.54, 1.807) is 6.92 Å². The van der Waals surface area contributed by atoms with Gasteiger partial charge in [0.25, 0.3) is 5.89 Å². The Labute approximate surface area is 134 Å². The third-order valence-corrected chi connectivity index (χ3v) is 6.01. The van der Waals surface area contributed by atoms with Crippen molar-refractivity contribution < 1.29 is 18.1 Å². The fourth-order valence-electron chi connectivity index (χ4n) is 2.94. The first-order valence-corrected chi connectivity index (χ1v) is 9.04. The summed E-state index contributed by atoms with van der Waals surface area (Å²) >= 11 is -1.09. The highest BCUT2D eigenvalue weighted by atomic mass is 32.2. The number of thiophene rings is 1. The van der Waals surface area contributed by atoms with Gasteiger partial charge >= 0.3 is 0 Å². The Balaban J connectivity index is 2.14. The summed E-state index contributed by atoms with van der Waals surface area (Å²) in [6.07, 6.45) is 3.11. The molecule has 0 radical (unpaired) electrons. The number of hydrogen-bond acceptors (Lipinski definition) is 6. The number of fused-ring (bicyclic) bond motifs is 1. The van der Waals surface area contributed by atoms with E-state index >= 15 is 0 Å². The highest BCUT2D eigenvalue weighted by Gasteiger charge is 2.34. The second-order valence-corrected chi connectivity index (χ2v) is 7.64. The molecule has 2 unspecified atom stereocenters. The number of rotatable bonds is 4. The second-order valence-electron chi connectivity index (χ2n) is 5.45. The van der Waals surface area contributed by atoms with Gasteiger partial charge in [0.1, 0.15) is 4.21 Å². The number of aryl methyl sites for hydroxylation is 1. The first-order valence-electron chi connectivity index (χ1n) is 7.11. The van der Waals surface area contributed by atoms with E-state index < -0.39 is 11.1 Å². The van der Waals surface area contributed by atoms with Crippen LogP contribution in [0.1, 0.15) is 47.9 Å². The van der Waals surface area contributed by atoms with Gasteiger partial charge in [0.2, 0.25) is 0 Å². The molecule has 0 saturated carbocycles. The van der Waals surface area contributed by atoms with E-state index in [4.69, 9.17) is 4.52 Å². The number of carbonyl (C=O) groups is 1. The molecule has 2 heterocycles. The first-order chi connectivity index (χ1) is 10.5. The molecule has 22 heavy (non-hydrogen) atoms. The van der Waals surface area contributed by atoms with E-state index in [9.17, 15) is 13.6 Å². The average molecular weight is 340 g/mol. The smallest absolute Gasteiger partial charge is 0.268 e. The van der Waals surface area contributed by atoms with Crippen molar-refractivity contribution in [1.82, 2.24) is 10.1 Å². The Morgan fingerprint density at radius 2 is 2.23 bits per heavy atom. The summed E-state index contributed by atoms with van der Waals surface area (Å²) in [6, 6.07) is 0. The van der Waals surface area contributed by atoms with Crippen LogP contribution in [0.25, 0.3) is 10.8 Å². The third kappa shape index (κ3) is 2.66. The molecule has 3 rings (SSSR count). The molecule has 0 saturated heterocycles. The van der Waals surface area contributed by atoms with Crippen LogP contribution < -0.4 is 0 Å². The zero-order valence-corrected chi connectivity index (χ0v) is 13.9. The monoisotopic (exact) mass is 340 g/mol. The molecule has 1 N–H and O–H groups in total. The van der Waals surface area contributed by atoms with Crippen molar-refractivity contribution in [3.05, 3.63) is 17.0 Å². The van der Waals surface area contributed by atoms with E-state index in [0.29, 0.717) is 35.0 Å². The molecule has 8 heteroatoms. The molecule has 0 aromatic carbocycles. The highest BCUT2D eigenvalue weighted by molar-refractivity contribution is 7.82. The molecule has 0 spiro atoms. The molecule has 2 aromatic rings. The van der Waals surface area contributed by atoms with E-state index in [1.807, 2.05) is 0 Å². The summed E-state index contributed by atoms with van der Waals surface area (Å²) in [7, 11) is 0. The Bertz CT molecular complexity index is 750. The van der Waals surface area contributed by atoms with Gasteiger partial charge < -0.3 is 9.08 Å². The summed E-state index contributed by atoms with van der Waals surface area (Å²) in [5, 5.41) is 3.77. The zero-order chi connectivity index (χ0) is 15.9. The maximum atomic E-state index is 12.4. The maximum Gasteiger partial charge on any atom is 0.268 e. The van der Waals surface area contributed by atoms with Gasteiger partial charge in [-0.15, -0.1) is 11.3 Å². The van der Waals surface area contributed by atoms with Crippen LogP contribution in [0.5, 0.6) is 0 Å². The molecule has 118 valence electrons. The minimum atomic E-state index is -2.19. The van der Waals surface area contributed by atoms with Crippen LogP contribution in [0.2, 0.25) is 0 Å². The van der Waals surface area contributed by atoms with Crippen LogP contribution in [-0.4, -0.2) is 24.7 Å². The Hall–Kier alpha value is -1.38. The molecule has 2 atom stereocenters. The summed E-state index contributed by atoms with van der Waals surface area (Å²) in [4.78, 5) is 17.3. The SMILES string of the molecule is CCCC1CC(=O)c2c(S(=O)O)sc(-c3nc(C)no3)c2C1. The van der Waals surface area contributed by atoms with Crippen molar-refractivity contribution in [2.24, 2.45) is 5.92 Å². The van der Waals surface area contributed by atoms with Gasteiger partial charge in [-0.1, -0.05) is 18.5 Å². The van der Waals surface area contributed by atoms with Gasteiger partial charge in [-0.05, 0) is 31.2 Å². The molecular weight excluding hydrogens is 324 g/mol. The lowest BCUT2D eigenvalue weighted by molar-refractivity contribution is 0.0943. The summed E-state index contributed by atoms with van der Waals surface area (Å²) in [5.74, 6) is 1.02. The third-order valence-electron chi connectivity index (χ3n) is 3.80. The average Bonchev–Trinajstić information content (AvgIpc) is 3.03. The predicted molar refractivity (Wildman–Crippen MR) is 82.4 cm³/mol. The van der Waals surface area contributed by atoms with E-state index in [1.165, 1.54) is 0 Å². The van der Waals surface area contributed by atoms with E-state index in [0.717, 1.165) is 29.7 Å². The van der Waals surface area contributed by atoms with Gasteiger partial charge in [-0.3, -0.25) is 4.79 Å². The fraction of sp³-hybridized carbons (Fsp3) is 0.500. The van der Waals surface area contributed by atoms with E-state index in [-0.39, 0.29) is 15.9 Å². The fourth-order valence-corrected chi connectivity index (χ4v) is 4.89. The van der Waals surface area contributed by atoms with Crippen LogP contribution >= 0.6 is 11.3 Å². The maximum absolute atomic E-state index is 12.4. The minimum absolute atomic E-state index is 0.0594. The van der Waals surface area contributed by atoms with Crippen molar-refractivity contribution in [3.63, 3.8) is 0 Å². The minimum Gasteiger partial charge on any atom is -0.333 e. The van der Waals surface area contributed by atoms with Gasteiger partial charge in [-0.2, -0.15) is 4.98 Å². The Morgan fingerprint density at radius 1 is 1.45 bits per heavy atom. The summed E-state index contributed by atoms with van der Waals surface area (Å²) in [5.41, 5.74) is 1.18. The molecule has 6 nitrogen and oxygen atoms in total. The topological polar surface area (TPSA) is 93.3 Å². The van der Waals surface area contributed by atoms with Crippen LogP contribution in [0, 0.1) is 12.8 Å². The summed E-state index contributed by atoms with van der Waals surface area (Å²) < 4.78 is 26.5. The normalized spacial score (nSPS) is 19.2. The molecule has 2 aromatic heterocycles. The standard InChI is InChI=1S/C14H16N2O4S2/c1-3-4-8-5-9-11(10(17)6-8)14(22(18)19)21-12(9)13-15-7(2)16-20-13/h8H,3-6H2,1-2H3,(H,18,19). The first kappa shape index (κ1) is 15.5. The second kappa shape index (κ2) is 6.02. The van der Waals surface area contributed by atoms with Crippen LogP contribution in [0.15, 0.2) is 8.73 Å². The summed E-state index contributed by atoms with van der Waals surface area (Å²) in [6.45, 7) is 3.80. The number of carbonyl (C=O) groups excluding carboxylic acids is 1. The molecule has 0 fully saturated rings. The highest BCUT2D eigenvalue weighted by Crippen LogP contribution is 2.43.